The summed E-state index contributed by atoms with van der Waals surface area (Å²) in [5.41, 5.74) is 2.27. The molecule has 0 unspecified atom stereocenters. The van der Waals surface area contributed by atoms with Gasteiger partial charge in [0.1, 0.15) is 0 Å². The molecule has 0 saturated carbocycles. The second-order valence-corrected chi connectivity index (χ2v) is 4.96. The van der Waals surface area contributed by atoms with Crippen LogP contribution in [-0.4, -0.2) is 25.2 Å². The third kappa shape index (κ3) is 3.06. The molecule has 0 atom stereocenters. The largest absolute Gasteiger partial charge is 0.319 e. The van der Waals surface area contributed by atoms with Gasteiger partial charge in [0.25, 0.3) is 5.91 Å². The first-order valence-electron chi connectivity index (χ1n) is 7.18. The SMILES string of the molecule is CCCn1cc(NC(=O)c2ccc(-n3ccnc3)cc2)cn1. The number of hydrogen-bond acceptors (Lipinski definition) is 3. The fourth-order valence-corrected chi connectivity index (χ4v) is 2.18. The summed E-state index contributed by atoms with van der Waals surface area (Å²) in [7, 11) is 0. The molecular weight excluding hydrogens is 278 g/mol. The molecule has 0 bridgehead atoms. The Morgan fingerprint density at radius 3 is 2.77 bits per heavy atom. The third-order valence-electron chi connectivity index (χ3n) is 3.28. The van der Waals surface area contributed by atoms with E-state index >= 15 is 0 Å². The summed E-state index contributed by atoms with van der Waals surface area (Å²) in [6.45, 7) is 2.93. The van der Waals surface area contributed by atoms with Crippen molar-refractivity contribution in [3.8, 4) is 5.69 Å². The predicted molar refractivity (Wildman–Crippen MR) is 84.0 cm³/mol. The van der Waals surface area contributed by atoms with E-state index in [4.69, 9.17) is 0 Å². The van der Waals surface area contributed by atoms with Crippen LogP contribution < -0.4 is 5.32 Å². The summed E-state index contributed by atoms with van der Waals surface area (Å²) in [6.07, 6.45) is 9.79. The van der Waals surface area contributed by atoms with E-state index in [9.17, 15) is 4.79 Å². The van der Waals surface area contributed by atoms with E-state index in [1.165, 1.54) is 0 Å². The highest BCUT2D eigenvalue weighted by Gasteiger charge is 2.08. The van der Waals surface area contributed by atoms with Gasteiger partial charge >= 0.3 is 0 Å². The maximum atomic E-state index is 12.2. The van der Waals surface area contributed by atoms with Crippen molar-refractivity contribution in [3.63, 3.8) is 0 Å². The Kier molecular flexibility index (Phi) is 4.00. The van der Waals surface area contributed by atoms with Gasteiger partial charge in [-0.3, -0.25) is 9.48 Å². The molecule has 0 spiro atoms. The zero-order valence-corrected chi connectivity index (χ0v) is 12.3. The van der Waals surface area contributed by atoms with E-state index < -0.39 is 0 Å². The summed E-state index contributed by atoms with van der Waals surface area (Å²) >= 11 is 0. The minimum atomic E-state index is -0.145. The summed E-state index contributed by atoms with van der Waals surface area (Å²) in [4.78, 5) is 16.2. The number of rotatable bonds is 5. The Morgan fingerprint density at radius 1 is 1.27 bits per heavy atom. The van der Waals surface area contributed by atoms with Crippen LogP contribution in [0.15, 0.2) is 55.4 Å². The quantitative estimate of drug-likeness (QED) is 0.787. The zero-order valence-electron chi connectivity index (χ0n) is 12.3. The average molecular weight is 295 g/mol. The molecule has 0 fully saturated rings. The van der Waals surface area contributed by atoms with Crippen LogP contribution >= 0.6 is 0 Å². The van der Waals surface area contributed by atoms with Crippen LogP contribution in [0.1, 0.15) is 23.7 Å². The number of carbonyl (C=O) groups is 1. The molecule has 3 aromatic rings. The highest BCUT2D eigenvalue weighted by atomic mass is 16.1. The second-order valence-electron chi connectivity index (χ2n) is 4.96. The lowest BCUT2D eigenvalue weighted by atomic mass is 10.2. The number of aromatic nitrogens is 4. The van der Waals surface area contributed by atoms with Gasteiger partial charge in [-0.15, -0.1) is 0 Å². The molecule has 0 aliphatic rings. The van der Waals surface area contributed by atoms with Crippen LogP contribution in [-0.2, 0) is 6.54 Å². The van der Waals surface area contributed by atoms with Gasteiger partial charge in [0.15, 0.2) is 0 Å². The van der Waals surface area contributed by atoms with Crippen LogP contribution in [0, 0.1) is 0 Å². The summed E-state index contributed by atoms with van der Waals surface area (Å²) in [5.74, 6) is -0.145. The summed E-state index contributed by atoms with van der Waals surface area (Å²) in [5, 5.41) is 7.04. The number of amides is 1. The smallest absolute Gasteiger partial charge is 0.255 e. The first-order valence-corrected chi connectivity index (χ1v) is 7.18. The molecule has 0 saturated heterocycles. The first-order chi connectivity index (χ1) is 10.8. The lowest BCUT2D eigenvalue weighted by Crippen LogP contribution is -2.11. The molecule has 2 aromatic heterocycles. The molecule has 1 aromatic carbocycles. The predicted octanol–water partition coefficient (Wildman–Crippen LogP) is 2.73. The number of aryl methyl sites for hydroxylation is 1. The Labute approximate surface area is 128 Å². The molecule has 0 radical (unpaired) electrons. The maximum absolute atomic E-state index is 12.2. The molecular formula is C16H17N5O. The molecule has 6 nitrogen and oxygen atoms in total. The Bertz CT molecular complexity index is 743. The topological polar surface area (TPSA) is 64.7 Å². The van der Waals surface area contributed by atoms with Crippen LogP contribution in [0.2, 0.25) is 0 Å². The van der Waals surface area contributed by atoms with E-state index in [0.717, 1.165) is 18.7 Å². The number of benzene rings is 1. The van der Waals surface area contributed by atoms with E-state index in [2.05, 4.69) is 22.3 Å². The molecule has 2 heterocycles. The molecule has 0 aliphatic carbocycles. The van der Waals surface area contributed by atoms with Crippen molar-refractivity contribution in [1.29, 1.82) is 0 Å². The van der Waals surface area contributed by atoms with Crippen LogP contribution in [0.25, 0.3) is 5.69 Å². The fraction of sp³-hybridized carbons (Fsp3) is 0.188. The lowest BCUT2D eigenvalue weighted by molar-refractivity contribution is 0.102. The molecule has 112 valence electrons. The van der Waals surface area contributed by atoms with Crippen molar-refractivity contribution in [2.45, 2.75) is 19.9 Å². The lowest BCUT2D eigenvalue weighted by Gasteiger charge is -2.05. The van der Waals surface area contributed by atoms with Crippen LogP contribution in [0.4, 0.5) is 5.69 Å². The fourth-order valence-electron chi connectivity index (χ4n) is 2.18. The van der Waals surface area contributed by atoms with Gasteiger partial charge in [-0.05, 0) is 30.7 Å². The minimum Gasteiger partial charge on any atom is -0.319 e. The molecule has 22 heavy (non-hydrogen) atoms. The minimum absolute atomic E-state index is 0.145. The van der Waals surface area contributed by atoms with E-state index in [1.54, 1.807) is 30.9 Å². The van der Waals surface area contributed by atoms with Crippen molar-refractivity contribution in [3.05, 3.63) is 60.9 Å². The van der Waals surface area contributed by atoms with E-state index in [1.807, 2.05) is 33.8 Å². The van der Waals surface area contributed by atoms with Gasteiger partial charge in [0, 0.05) is 36.4 Å². The van der Waals surface area contributed by atoms with Crippen molar-refractivity contribution < 1.29 is 4.79 Å². The Balaban J connectivity index is 1.69. The number of anilines is 1. The standard InChI is InChI=1S/C16H17N5O/c1-2-8-21-11-14(10-18-21)19-16(22)13-3-5-15(6-4-13)20-9-7-17-12-20/h3-7,9-12H,2,8H2,1H3,(H,19,22). The molecule has 3 rings (SSSR count). The number of nitrogens with one attached hydrogen (secondary N) is 1. The average Bonchev–Trinajstić information content (AvgIpc) is 3.20. The van der Waals surface area contributed by atoms with Gasteiger partial charge in [-0.25, -0.2) is 4.98 Å². The molecule has 1 amide bonds. The summed E-state index contributed by atoms with van der Waals surface area (Å²) in [6, 6.07) is 7.36. The van der Waals surface area contributed by atoms with Crippen molar-refractivity contribution in [1.82, 2.24) is 19.3 Å². The number of carbonyl (C=O) groups excluding carboxylic acids is 1. The highest BCUT2D eigenvalue weighted by Crippen LogP contribution is 2.12. The zero-order chi connectivity index (χ0) is 15.4. The molecule has 6 heteroatoms. The van der Waals surface area contributed by atoms with Gasteiger partial charge in [-0.1, -0.05) is 6.92 Å². The Morgan fingerprint density at radius 2 is 2.09 bits per heavy atom. The van der Waals surface area contributed by atoms with E-state index in [-0.39, 0.29) is 5.91 Å². The summed E-state index contributed by atoms with van der Waals surface area (Å²) < 4.78 is 3.70. The monoisotopic (exact) mass is 295 g/mol. The molecule has 1 N–H and O–H groups in total. The number of hydrogen-bond donors (Lipinski definition) is 1. The Hall–Kier alpha value is -2.89. The van der Waals surface area contributed by atoms with Crippen LogP contribution in [0.3, 0.4) is 0 Å². The van der Waals surface area contributed by atoms with Gasteiger partial charge in [0.05, 0.1) is 18.2 Å². The second kappa shape index (κ2) is 6.26. The van der Waals surface area contributed by atoms with Crippen LogP contribution in [0.5, 0.6) is 0 Å². The van der Waals surface area contributed by atoms with Gasteiger partial charge in [0.2, 0.25) is 0 Å². The third-order valence-corrected chi connectivity index (χ3v) is 3.28. The maximum Gasteiger partial charge on any atom is 0.255 e. The first kappa shape index (κ1) is 14.1. The van der Waals surface area contributed by atoms with Gasteiger partial charge in [-0.2, -0.15) is 5.10 Å². The number of nitrogens with zero attached hydrogens (tertiary/aromatic N) is 4. The van der Waals surface area contributed by atoms with E-state index in [0.29, 0.717) is 11.3 Å². The molecule has 0 aliphatic heterocycles. The number of imidazole rings is 1. The van der Waals surface area contributed by atoms with Gasteiger partial charge < -0.3 is 9.88 Å². The highest BCUT2D eigenvalue weighted by molar-refractivity contribution is 6.04. The normalized spacial score (nSPS) is 10.6. The van der Waals surface area contributed by atoms with Crippen molar-refractivity contribution in [2.24, 2.45) is 0 Å². The van der Waals surface area contributed by atoms with Crippen molar-refractivity contribution in [2.75, 3.05) is 5.32 Å². The van der Waals surface area contributed by atoms with Crippen molar-refractivity contribution >= 4 is 11.6 Å².